The molecule has 27 heavy (non-hydrogen) atoms. The molecular formula is C20H21N5O2. The van der Waals surface area contributed by atoms with Crippen molar-refractivity contribution in [1.82, 2.24) is 25.1 Å². The largest absolute Gasteiger partial charge is 0.353 e. The van der Waals surface area contributed by atoms with Gasteiger partial charge in [0.25, 0.3) is 0 Å². The van der Waals surface area contributed by atoms with Gasteiger partial charge in [0.05, 0.1) is 11.0 Å². The van der Waals surface area contributed by atoms with E-state index >= 15 is 0 Å². The minimum absolute atomic E-state index is 0.0729. The SMILES string of the molecule is O=C(Cn1c(-c2ccccc2)nc2ccccc21)NCCN1CCNC1=O. The normalized spacial score (nSPS) is 13.8. The fraction of sp³-hybridized carbons (Fsp3) is 0.250. The van der Waals surface area contributed by atoms with Crippen LogP contribution in [0.15, 0.2) is 54.6 Å². The van der Waals surface area contributed by atoms with Crippen LogP contribution in [0.25, 0.3) is 22.4 Å². The van der Waals surface area contributed by atoms with Crippen molar-refractivity contribution >= 4 is 23.0 Å². The van der Waals surface area contributed by atoms with Gasteiger partial charge in [-0.05, 0) is 12.1 Å². The fourth-order valence-corrected chi connectivity index (χ4v) is 3.30. The van der Waals surface area contributed by atoms with Crippen LogP contribution in [-0.2, 0) is 11.3 Å². The van der Waals surface area contributed by atoms with Gasteiger partial charge >= 0.3 is 6.03 Å². The number of para-hydroxylation sites is 2. The van der Waals surface area contributed by atoms with Gasteiger partial charge in [-0.1, -0.05) is 42.5 Å². The zero-order chi connectivity index (χ0) is 18.6. The Kier molecular flexibility index (Phi) is 4.74. The quantitative estimate of drug-likeness (QED) is 0.701. The van der Waals surface area contributed by atoms with Crippen LogP contribution in [0.2, 0.25) is 0 Å². The van der Waals surface area contributed by atoms with Crippen LogP contribution in [0.1, 0.15) is 0 Å². The molecule has 3 aromatic rings. The number of aromatic nitrogens is 2. The predicted molar refractivity (Wildman–Crippen MR) is 103 cm³/mol. The zero-order valence-corrected chi connectivity index (χ0v) is 14.9. The standard InChI is InChI=1S/C20H21N5O2/c26-18(21-10-12-24-13-11-22-20(24)27)14-25-17-9-5-4-8-16(17)23-19(25)15-6-2-1-3-7-15/h1-9H,10-14H2,(H,21,26)(H,22,27). The minimum atomic E-state index is -0.102. The average molecular weight is 363 g/mol. The van der Waals surface area contributed by atoms with Gasteiger partial charge in [-0.15, -0.1) is 0 Å². The highest BCUT2D eigenvalue weighted by atomic mass is 16.2. The Bertz CT molecular complexity index is 967. The van der Waals surface area contributed by atoms with Crippen molar-refractivity contribution < 1.29 is 9.59 Å². The molecule has 0 unspecified atom stereocenters. The predicted octanol–water partition coefficient (Wildman–Crippen LogP) is 1.84. The molecule has 0 saturated carbocycles. The molecule has 2 N–H and O–H groups in total. The summed E-state index contributed by atoms with van der Waals surface area (Å²) in [6.07, 6.45) is 0. The zero-order valence-electron chi connectivity index (χ0n) is 14.9. The highest BCUT2D eigenvalue weighted by molar-refractivity contribution is 5.84. The van der Waals surface area contributed by atoms with Crippen LogP contribution < -0.4 is 10.6 Å². The van der Waals surface area contributed by atoms with E-state index in [1.165, 1.54) is 0 Å². The van der Waals surface area contributed by atoms with E-state index in [2.05, 4.69) is 10.6 Å². The first kappa shape index (κ1) is 17.1. The highest BCUT2D eigenvalue weighted by Crippen LogP contribution is 2.24. The van der Waals surface area contributed by atoms with E-state index in [0.29, 0.717) is 26.2 Å². The van der Waals surface area contributed by atoms with Gasteiger partial charge in [-0.25, -0.2) is 9.78 Å². The molecule has 7 heteroatoms. The molecule has 0 atom stereocenters. The van der Waals surface area contributed by atoms with Gasteiger partial charge in [-0.3, -0.25) is 4.79 Å². The van der Waals surface area contributed by atoms with E-state index < -0.39 is 0 Å². The Morgan fingerprint density at radius 1 is 1.11 bits per heavy atom. The summed E-state index contributed by atoms with van der Waals surface area (Å²) in [4.78, 5) is 30.5. The first-order valence-corrected chi connectivity index (χ1v) is 9.02. The maximum absolute atomic E-state index is 12.5. The summed E-state index contributed by atoms with van der Waals surface area (Å²) in [6.45, 7) is 2.46. The summed E-state index contributed by atoms with van der Waals surface area (Å²) in [6, 6.07) is 17.6. The summed E-state index contributed by atoms with van der Waals surface area (Å²) in [7, 11) is 0. The van der Waals surface area contributed by atoms with Crippen molar-refractivity contribution in [2.75, 3.05) is 26.2 Å². The molecule has 4 rings (SSSR count). The molecule has 0 aliphatic carbocycles. The number of hydrogen-bond acceptors (Lipinski definition) is 3. The topological polar surface area (TPSA) is 79.3 Å². The molecule has 1 aliphatic rings. The molecule has 138 valence electrons. The number of imidazole rings is 1. The van der Waals surface area contributed by atoms with Crippen molar-refractivity contribution in [3.05, 3.63) is 54.6 Å². The lowest BCUT2D eigenvalue weighted by atomic mass is 10.2. The summed E-state index contributed by atoms with van der Waals surface area (Å²) >= 11 is 0. The molecular weight excluding hydrogens is 342 g/mol. The van der Waals surface area contributed by atoms with E-state index in [9.17, 15) is 9.59 Å². The van der Waals surface area contributed by atoms with Crippen LogP contribution in [0, 0.1) is 0 Å². The molecule has 0 spiro atoms. The number of benzene rings is 2. The number of carbonyl (C=O) groups is 2. The molecule has 3 amide bonds. The second-order valence-electron chi connectivity index (χ2n) is 6.45. The van der Waals surface area contributed by atoms with Gasteiger partial charge < -0.3 is 20.1 Å². The summed E-state index contributed by atoms with van der Waals surface area (Å²) < 4.78 is 1.93. The maximum Gasteiger partial charge on any atom is 0.317 e. The molecule has 2 aromatic carbocycles. The third-order valence-corrected chi connectivity index (χ3v) is 4.64. The second kappa shape index (κ2) is 7.49. The fourth-order valence-electron chi connectivity index (χ4n) is 3.30. The minimum Gasteiger partial charge on any atom is -0.353 e. The Morgan fingerprint density at radius 3 is 2.67 bits per heavy atom. The maximum atomic E-state index is 12.5. The molecule has 1 aliphatic heterocycles. The average Bonchev–Trinajstić information content (AvgIpc) is 3.26. The van der Waals surface area contributed by atoms with Gasteiger partial charge in [0.15, 0.2) is 0 Å². The van der Waals surface area contributed by atoms with Crippen LogP contribution in [0.3, 0.4) is 0 Å². The summed E-state index contributed by atoms with van der Waals surface area (Å²) in [5.74, 6) is 0.667. The van der Waals surface area contributed by atoms with Gasteiger partial charge in [0, 0.05) is 31.7 Å². The van der Waals surface area contributed by atoms with Crippen LogP contribution >= 0.6 is 0 Å². The Balaban J connectivity index is 1.50. The lowest BCUT2D eigenvalue weighted by molar-refractivity contribution is -0.121. The molecule has 1 aromatic heterocycles. The number of nitrogens with zero attached hydrogens (tertiary/aromatic N) is 3. The number of hydrogen-bond donors (Lipinski definition) is 2. The van der Waals surface area contributed by atoms with Gasteiger partial charge in [-0.2, -0.15) is 0 Å². The van der Waals surface area contributed by atoms with Crippen LogP contribution in [0.4, 0.5) is 4.79 Å². The van der Waals surface area contributed by atoms with Gasteiger partial charge in [0.1, 0.15) is 12.4 Å². The van der Waals surface area contributed by atoms with Crippen molar-refractivity contribution in [1.29, 1.82) is 0 Å². The van der Waals surface area contributed by atoms with Crippen molar-refractivity contribution in [3.8, 4) is 11.4 Å². The molecule has 2 heterocycles. The monoisotopic (exact) mass is 363 g/mol. The Labute approximate surface area is 157 Å². The number of rotatable bonds is 6. The Hall–Kier alpha value is -3.35. The third-order valence-electron chi connectivity index (χ3n) is 4.64. The van der Waals surface area contributed by atoms with Gasteiger partial charge in [0.2, 0.25) is 5.91 Å². The van der Waals surface area contributed by atoms with Crippen molar-refractivity contribution in [2.45, 2.75) is 6.54 Å². The lowest BCUT2D eigenvalue weighted by Crippen LogP contribution is -2.37. The van der Waals surface area contributed by atoms with Crippen LogP contribution in [-0.4, -0.2) is 52.6 Å². The smallest absolute Gasteiger partial charge is 0.317 e. The van der Waals surface area contributed by atoms with Crippen molar-refractivity contribution in [3.63, 3.8) is 0 Å². The van der Waals surface area contributed by atoms with Crippen molar-refractivity contribution in [2.24, 2.45) is 0 Å². The molecule has 0 radical (unpaired) electrons. The third kappa shape index (κ3) is 3.62. The van der Waals surface area contributed by atoms with Crippen LogP contribution in [0.5, 0.6) is 0 Å². The highest BCUT2D eigenvalue weighted by Gasteiger charge is 2.19. The number of amides is 3. The first-order chi connectivity index (χ1) is 13.2. The molecule has 1 fully saturated rings. The van der Waals surface area contributed by atoms with E-state index in [4.69, 9.17) is 4.98 Å². The molecule has 0 bridgehead atoms. The number of carbonyl (C=O) groups excluding carboxylic acids is 2. The second-order valence-corrected chi connectivity index (χ2v) is 6.45. The number of urea groups is 1. The van der Waals surface area contributed by atoms with E-state index in [1.54, 1.807) is 4.90 Å². The Morgan fingerprint density at radius 2 is 1.89 bits per heavy atom. The summed E-state index contributed by atoms with van der Waals surface area (Å²) in [5, 5.41) is 5.65. The van der Waals surface area contributed by atoms with E-state index in [0.717, 1.165) is 22.4 Å². The van der Waals surface area contributed by atoms with E-state index in [-0.39, 0.29) is 18.5 Å². The summed E-state index contributed by atoms with van der Waals surface area (Å²) in [5.41, 5.74) is 2.75. The first-order valence-electron chi connectivity index (χ1n) is 9.02. The number of nitrogens with one attached hydrogen (secondary N) is 2. The lowest BCUT2D eigenvalue weighted by Gasteiger charge is -2.15. The molecule has 7 nitrogen and oxygen atoms in total. The number of fused-ring (bicyclic) bond motifs is 1. The molecule has 1 saturated heterocycles. The van der Waals surface area contributed by atoms with E-state index in [1.807, 2.05) is 59.2 Å².